The van der Waals surface area contributed by atoms with Crippen molar-refractivity contribution in [3.8, 4) is 45.6 Å². The van der Waals surface area contributed by atoms with Crippen LogP contribution in [-0.2, 0) is 12.8 Å². The first-order valence-electron chi connectivity index (χ1n) is 8.58. The number of methoxy groups -OCH3 is 2. The Bertz CT molecular complexity index is 902. The third-order valence-corrected chi connectivity index (χ3v) is 5.47. The van der Waals surface area contributed by atoms with E-state index in [1.165, 1.54) is 20.3 Å². The van der Waals surface area contributed by atoms with Crippen LogP contribution in [-0.4, -0.2) is 45.4 Å². The van der Waals surface area contributed by atoms with Gasteiger partial charge in [-0.1, -0.05) is 6.92 Å². The van der Waals surface area contributed by atoms with Crippen LogP contribution in [0.15, 0.2) is 12.1 Å². The summed E-state index contributed by atoms with van der Waals surface area (Å²) in [5.74, 6) is -1.97. The molecule has 3 rings (SSSR count). The second kappa shape index (κ2) is 6.42. The monoisotopic (exact) mass is 376 g/mol. The summed E-state index contributed by atoms with van der Waals surface area (Å²) >= 11 is 0. The molecule has 27 heavy (non-hydrogen) atoms. The van der Waals surface area contributed by atoms with E-state index >= 15 is 0 Å². The first-order valence-corrected chi connectivity index (χ1v) is 8.58. The zero-order valence-corrected chi connectivity index (χ0v) is 15.7. The highest BCUT2D eigenvalue weighted by atomic mass is 16.5. The predicted octanol–water partition coefficient (Wildman–Crippen LogP) is 2.68. The average molecular weight is 376 g/mol. The molecule has 0 radical (unpaired) electrons. The Labute approximate surface area is 157 Å². The molecule has 0 unspecified atom stereocenters. The third-order valence-electron chi connectivity index (χ3n) is 5.47. The van der Waals surface area contributed by atoms with Gasteiger partial charge in [0.2, 0.25) is 11.5 Å². The molecule has 5 N–H and O–H groups in total. The standard InChI is InChI=1S/C20H24O7/c1-9-5-10-6-12(26-3)16(21)18(23)14(10)15-11(8-20(9,2)25)7-13(27-4)17(22)19(15)24/h6-7,9,21-25H,5,8H2,1-4H3/t9-,20-/m0/s1. The van der Waals surface area contributed by atoms with E-state index in [1.807, 2.05) is 6.92 Å². The van der Waals surface area contributed by atoms with Gasteiger partial charge in [0, 0.05) is 17.5 Å². The minimum atomic E-state index is -1.12. The van der Waals surface area contributed by atoms with E-state index in [0.717, 1.165) is 0 Å². The van der Waals surface area contributed by atoms with Gasteiger partial charge in [0.05, 0.1) is 19.8 Å². The highest BCUT2D eigenvalue weighted by Crippen LogP contribution is 2.54. The van der Waals surface area contributed by atoms with Gasteiger partial charge in [-0.2, -0.15) is 0 Å². The Kier molecular flexibility index (Phi) is 4.51. The van der Waals surface area contributed by atoms with Gasteiger partial charge in [-0.05, 0) is 42.5 Å². The maximum Gasteiger partial charge on any atom is 0.201 e. The summed E-state index contributed by atoms with van der Waals surface area (Å²) in [7, 11) is 2.72. The summed E-state index contributed by atoms with van der Waals surface area (Å²) in [6, 6.07) is 3.08. The zero-order chi connectivity index (χ0) is 20.1. The number of phenolic OH excluding ortho intramolecular Hbond substituents is 4. The van der Waals surface area contributed by atoms with Gasteiger partial charge in [-0.3, -0.25) is 0 Å². The summed E-state index contributed by atoms with van der Waals surface area (Å²) in [6.07, 6.45) is 0.511. The second-order valence-electron chi connectivity index (χ2n) is 7.26. The maximum atomic E-state index is 11.0. The molecule has 1 aliphatic carbocycles. The van der Waals surface area contributed by atoms with Crippen molar-refractivity contribution in [2.45, 2.75) is 32.3 Å². The van der Waals surface area contributed by atoms with Gasteiger partial charge in [-0.15, -0.1) is 0 Å². The van der Waals surface area contributed by atoms with Crippen molar-refractivity contribution in [1.29, 1.82) is 0 Å². The van der Waals surface area contributed by atoms with Gasteiger partial charge in [0.15, 0.2) is 23.0 Å². The van der Waals surface area contributed by atoms with E-state index in [9.17, 15) is 25.5 Å². The van der Waals surface area contributed by atoms with Crippen molar-refractivity contribution < 1.29 is 35.0 Å². The summed E-state index contributed by atoms with van der Waals surface area (Å²) in [5.41, 5.74) is 0.254. The van der Waals surface area contributed by atoms with Gasteiger partial charge < -0.3 is 35.0 Å². The maximum absolute atomic E-state index is 11.0. The first kappa shape index (κ1) is 19.0. The molecule has 0 saturated heterocycles. The minimum Gasteiger partial charge on any atom is -0.504 e. The fraction of sp³-hybridized carbons (Fsp3) is 0.400. The zero-order valence-electron chi connectivity index (χ0n) is 15.7. The molecular weight excluding hydrogens is 352 g/mol. The van der Waals surface area contributed by atoms with E-state index in [-0.39, 0.29) is 35.0 Å². The lowest BCUT2D eigenvalue weighted by Crippen LogP contribution is -2.37. The van der Waals surface area contributed by atoms with Crippen LogP contribution in [0.25, 0.3) is 11.1 Å². The summed E-state index contributed by atoms with van der Waals surface area (Å²) < 4.78 is 10.2. The number of aromatic hydroxyl groups is 4. The molecule has 0 heterocycles. The number of benzene rings is 2. The minimum absolute atomic E-state index is 0.0500. The number of hydrogen-bond acceptors (Lipinski definition) is 7. The summed E-state index contributed by atoms with van der Waals surface area (Å²) in [5, 5.41) is 52.8. The number of phenols is 4. The SMILES string of the molecule is COc1cc2c(c(O)c1O)-c1c(cc(OC)c(O)c1O)C[C@](C)(O)[C@@H](C)C2. The van der Waals surface area contributed by atoms with Crippen molar-refractivity contribution in [1.82, 2.24) is 0 Å². The Balaban J connectivity index is 2.45. The molecule has 2 aromatic rings. The topological polar surface area (TPSA) is 120 Å². The molecule has 0 bridgehead atoms. The molecule has 2 atom stereocenters. The van der Waals surface area contributed by atoms with Gasteiger partial charge in [0.25, 0.3) is 0 Å². The number of fused-ring (bicyclic) bond motifs is 3. The number of rotatable bonds is 2. The van der Waals surface area contributed by atoms with Gasteiger partial charge in [0.1, 0.15) is 0 Å². The molecule has 7 heteroatoms. The molecule has 0 fully saturated rings. The average Bonchev–Trinajstić information content (AvgIpc) is 2.61. The summed E-state index contributed by atoms with van der Waals surface area (Å²) in [6.45, 7) is 3.57. The quantitative estimate of drug-likeness (QED) is 0.511. The molecule has 2 aromatic carbocycles. The normalized spacial score (nSPS) is 21.6. The van der Waals surface area contributed by atoms with Crippen LogP contribution in [0.1, 0.15) is 25.0 Å². The molecule has 0 spiro atoms. The molecule has 7 nitrogen and oxygen atoms in total. The van der Waals surface area contributed by atoms with Crippen molar-refractivity contribution in [2.75, 3.05) is 14.2 Å². The molecule has 0 saturated carbocycles. The lowest BCUT2D eigenvalue weighted by atomic mass is 9.75. The highest BCUT2D eigenvalue weighted by Gasteiger charge is 2.37. The molecule has 0 amide bonds. The largest absolute Gasteiger partial charge is 0.504 e. The fourth-order valence-corrected chi connectivity index (χ4v) is 3.65. The molecule has 146 valence electrons. The molecule has 0 aromatic heterocycles. The van der Waals surface area contributed by atoms with E-state index in [2.05, 4.69) is 0 Å². The van der Waals surface area contributed by atoms with Gasteiger partial charge >= 0.3 is 0 Å². The van der Waals surface area contributed by atoms with E-state index in [0.29, 0.717) is 17.5 Å². The van der Waals surface area contributed by atoms with E-state index in [4.69, 9.17) is 9.47 Å². The fourth-order valence-electron chi connectivity index (χ4n) is 3.65. The van der Waals surface area contributed by atoms with Crippen LogP contribution in [0.4, 0.5) is 0 Å². The van der Waals surface area contributed by atoms with Crippen LogP contribution >= 0.6 is 0 Å². The third kappa shape index (κ3) is 2.88. The lowest BCUT2D eigenvalue weighted by molar-refractivity contribution is 0.00628. The van der Waals surface area contributed by atoms with Crippen LogP contribution in [0, 0.1) is 5.92 Å². The summed E-state index contributed by atoms with van der Waals surface area (Å²) in [4.78, 5) is 0. The van der Waals surface area contributed by atoms with Crippen LogP contribution in [0.5, 0.6) is 34.5 Å². The smallest absolute Gasteiger partial charge is 0.201 e. The molecule has 1 aliphatic rings. The van der Waals surface area contributed by atoms with E-state index < -0.39 is 28.6 Å². The molecular formula is C20H24O7. The number of hydrogen-bond donors (Lipinski definition) is 5. The van der Waals surface area contributed by atoms with Crippen LogP contribution in [0.3, 0.4) is 0 Å². The van der Waals surface area contributed by atoms with Crippen molar-refractivity contribution in [3.63, 3.8) is 0 Å². The first-order chi connectivity index (χ1) is 12.6. The highest BCUT2D eigenvalue weighted by molar-refractivity contribution is 5.87. The van der Waals surface area contributed by atoms with Crippen molar-refractivity contribution in [2.24, 2.45) is 5.92 Å². The Hall–Kier alpha value is -2.80. The van der Waals surface area contributed by atoms with E-state index in [1.54, 1.807) is 13.0 Å². The van der Waals surface area contributed by atoms with Crippen LogP contribution in [0.2, 0.25) is 0 Å². The Morgan fingerprint density at radius 3 is 1.78 bits per heavy atom. The van der Waals surface area contributed by atoms with Crippen molar-refractivity contribution in [3.05, 3.63) is 23.3 Å². The van der Waals surface area contributed by atoms with Gasteiger partial charge in [-0.25, -0.2) is 0 Å². The number of ether oxygens (including phenoxy) is 2. The molecule has 0 aliphatic heterocycles. The number of aliphatic hydroxyl groups is 1. The lowest BCUT2D eigenvalue weighted by Gasteiger charge is -2.35. The predicted molar refractivity (Wildman–Crippen MR) is 98.8 cm³/mol. The Morgan fingerprint density at radius 2 is 1.30 bits per heavy atom. The Morgan fingerprint density at radius 1 is 0.852 bits per heavy atom. The van der Waals surface area contributed by atoms with Crippen LogP contribution < -0.4 is 9.47 Å². The van der Waals surface area contributed by atoms with Crippen molar-refractivity contribution >= 4 is 0 Å². The second-order valence-corrected chi connectivity index (χ2v) is 7.26.